The van der Waals surface area contributed by atoms with E-state index in [-0.39, 0.29) is 36.4 Å². The molecule has 0 unspecified atom stereocenters. The first-order valence-electron chi connectivity index (χ1n) is 8.73. The second kappa shape index (κ2) is 11.9. The SMILES string of the molecule is CC(C)(C)OC(=O)N1CCNCC1.Cl.NCCS(=O)(=O)N1CCNCC1. The fourth-order valence-corrected chi connectivity index (χ4v) is 3.67. The van der Waals surface area contributed by atoms with Crippen LogP contribution >= 0.6 is 12.4 Å². The van der Waals surface area contributed by atoms with Crippen molar-refractivity contribution >= 4 is 28.5 Å². The van der Waals surface area contributed by atoms with E-state index in [9.17, 15) is 13.2 Å². The minimum absolute atomic E-state index is 0. The summed E-state index contributed by atoms with van der Waals surface area (Å²) in [5, 5.41) is 6.27. The van der Waals surface area contributed by atoms with Crippen LogP contribution in [0, 0.1) is 0 Å². The Labute approximate surface area is 163 Å². The number of nitrogens with two attached hydrogens (primary N) is 1. The maximum atomic E-state index is 11.5. The molecule has 2 aliphatic heterocycles. The van der Waals surface area contributed by atoms with E-state index in [1.54, 1.807) is 4.90 Å². The van der Waals surface area contributed by atoms with Gasteiger partial charge in [-0.15, -0.1) is 12.4 Å². The predicted octanol–water partition coefficient (Wildman–Crippen LogP) is -0.571. The van der Waals surface area contributed by atoms with Gasteiger partial charge in [-0.05, 0) is 20.8 Å². The third kappa shape index (κ3) is 9.89. The Morgan fingerprint density at radius 3 is 1.92 bits per heavy atom. The van der Waals surface area contributed by atoms with Crippen molar-refractivity contribution in [2.75, 3.05) is 64.7 Å². The Bertz CT molecular complexity index is 501. The normalized spacial score (nSPS) is 19.0. The number of rotatable bonds is 3. The Morgan fingerprint density at radius 1 is 1.04 bits per heavy atom. The highest BCUT2D eigenvalue weighted by molar-refractivity contribution is 7.89. The Morgan fingerprint density at radius 2 is 1.50 bits per heavy atom. The summed E-state index contributed by atoms with van der Waals surface area (Å²) in [6, 6.07) is 0. The van der Waals surface area contributed by atoms with Crippen molar-refractivity contribution in [1.82, 2.24) is 19.8 Å². The van der Waals surface area contributed by atoms with Gasteiger partial charge in [0.2, 0.25) is 10.0 Å². The van der Waals surface area contributed by atoms with Gasteiger partial charge in [0.25, 0.3) is 0 Å². The van der Waals surface area contributed by atoms with Crippen LogP contribution in [0.15, 0.2) is 0 Å². The van der Waals surface area contributed by atoms with Crippen LogP contribution in [0.4, 0.5) is 4.79 Å². The quantitative estimate of drug-likeness (QED) is 0.565. The van der Waals surface area contributed by atoms with E-state index in [2.05, 4.69) is 10.6 Å². The van der Waals surface area contributed by atoms with Crippen LogP contribution < -0.4 is 16.4 Å². The summed E-state index contributed by atoms with van der Waals surface area (Å²) < 4.78 is 29.5. The maximum absolute atomic E-state index is 11.5. The van der Waals surface area contributed by atoms with Crippen LogP contribution in [-0.4, -0.2) is 94.0 Å². The third-order valence-corrected chi connectivity index (χ3v) is 5.52. The predicted molar refractivity (Wildman–Crippen MR) is 105 cm³/mol. The number of carbonyl (C=O) groups is 1. The van der Waals surface area contributed by atoms with E-state index in [1.807, 2.05) is 20.8 Å². The molecule has 2 rings (SSSR count). The number of amides is 1. The van der Waals surface area contributed by atoms with Gasteiger partial charge in [0, 0.05) is 58.9 Å². The van der Waals surface area contributed by atoms with Crippen LogP contribution in [0.5, 0.6) is 0 Å². The number of halogens is 1. The summed E-state index contributed by atoms with van der Waals surface area (Å²) in [5.74, 6) is 0.0625. The molecule has 0 radical (unpaired) electrons. The Balaban J connectivity index is 0.000000464. The average Bonchev–Trinajstić information content (AvgIpc) is 2.55. The largest absolute Gasteiger partial charge is 0.444 e. The molecule has 9 nitrogen and oxygen atoms in total. The zero-order chi connectivity index (χ0) is 18.9. The zero-order valence-electron chi connectivity index (χ0n) is 16.0. The average molecular weight is 416 g/mol. The van der Waals surface area contributed by atoms with Crippen LogP contribution in [0.25, 0.3) is 0 Å². The van der Waals surface area contributed by atoms with Gasteiger partial charge in [-0.3, -0.25) is 0 Å². The van der Waals surface area contributed by atoms with Crippen LogP contribution in [0.3, 0.4) is 0 Å². The zero-order valence-corrected chi connectivity index (χ0v) is 17.6. The van der Waals surface area contributed by atoms with E-state index in [0.717, 1.165) is 39.3 Å². The lowest BCUT2D eigenvalue weighted by molar-refractivity contribution is 0.0229. The third-order valence-electron chi connectivity index (χ3n) is 3.61. The summed E-state index contributed by atoms with van der Waals surface area (Å²) >= 11 is 0. The second-order valence-electron chi connectivity index (χ2n) is 6.97. The van der Waals surface area contributed by atoms with Crippen LogP contribution in [0.1, 0.15) is 20.8 Å². The topological polar surface area (TPSA) is 117 Å². The molecule has 1 amide bonds. The lowest BCUT2D eigenvalue weighted by atomic mass is 10.2. The highest BCUT2D eigenvalue weighted by Gasteiger charge is 2.23. The number of hydrogen-bond donors (Lipinski definition) is 3. The first-order valence-corrected chi connectivity index (χ1v) is 10.3. The van der Waals surface area contributed by atoms with Gasteiger partial charge in [0.1, 0.15) is 5.60 Å². The number of hydrogen-bond acceptors (Lipinski definition) is 7. The molecule has 156 valence electrons. The summed E-state index contributed by atoms with van der Waals surface area (Å²) in [4.78, 5) is 13.2. The highest BCUT2D eigenvalue weighted by atomic mass is 35.5. The molecule has 4 N–H and O–H groups in total. The molecule has 0 aromatic rings. The number of piperazine rings is 2. The van der Waals surface area contributed by atoms with Crippen LogP contribution in [-0.2, 0) is 14.8 Å². The Hall–Kier alpha value is -0.650. The van der Waals surface area contributed by atoms with Gasteiger partial charge >= 0.3 is 6.09 Å². The highest BCUT2D eigenvalue weighted by Crippen LogP contribution is 2.10. The van der Waals surface area contributed by atoms with Gasteiger partial charge in [-0.25, -0.2) is 13.2 Å². The number of ether oxygens (including phenoxy) is 1. The molecule has 11 heteroatoms. The number of carbonyl (C=O) groups excluding carboxylic acids is 1. The van der Waals surface area contributed by atoms with Gasteiger partial charge < -0.3 is 26.0 Å². The summed E-state index contributed by atoms with van der Waals surface area (Å²) in [7, 11) is -3.07. The summed E-state index contributed by atoms with van der Waals surface area (Å²) in [6.07, 6.45) is -0.200. The minimum atomic E-state index is -3.07. The smallest absolute Gasteiger partial charge is 0.410 e. The monoisotopic (exact) mass is 415 g/mol. The first-order chi connectivity index (χ1) is 11.7. The van der Waals surface area contributed by atoms with E-state index in [1.165, 1.54) is 4.31 Å². The van der Waals surface area contributed by atoms with Crippen molar-refractivity contribution in [3.8, 4) is 0 Å². The van der Waals surface area contributed by atoms with Crippen molar-refractivity contribution < 1.29 is 17.9 Å². The van der Waals surface area contributed by atoms with Crippen molar-refractivity contribution in [1.29, 1.82) is 0 Å². The van der Waals surface area contributed by atoms with Crippen molar-refractivity contribution in [2.45, 2.75) is 26.4 Å². The standard InChI is InChI=1S/C9H18N2O2.C6H15N3O2S.ClH/c1-9(2,3)13-8(12)11-6-4-10-5-7-11;7-1-6-12(10,11)9-4-2-8-3-5-9;/h10H,4-7H2,1-3H3;8H,1-7H2;1H. The molecule has 26 heavy (non-hydrogen) atoms. The number of nitrogens with zero attached hydrogens (tertiary/aromatic N) is 2. The van der Waals surface area contributed by atoms with E-state index in [0.29, 0.717) is 13.1 Å². The lowest BCUT2D eigenvalue weighted by Crippen LogP contribution is -2.48. The molecule has 2 aliphatic rings. The number of nitrogens with one attached hydrogen (secondary N) is 2. The van der Waals surface area contributed by atoms with Crippen molar-refractivity contribution in [2.24, 2.45) is 5.73 Å². The first kappa shape index (κ1) is 25.4. The van der Waals surface area contributed by atoms with E-state index >= 15 is 0 Å². The molecule has 0 saturated carbocycles. The van der Waals surface area contributed by atoms with Gasteiger partial charge in [-0.1, -0.05) is 0 Å². The molecule has 0 aromatic heterocycles. The Kier molecular flexibility index (Phi) is 11.6. The molecule has 0 aliphatic carbocycles. The van der Waals surface area contributed by atoms with Gasteiger partial charge in [0.05, 0.1) is 5.75 Å². The number of sulfonamides is 1. The van der Waals surface area contributed by atoms with E-state index < -0.39 is 10.0 Å². The molecular formula is C15H34ClN5O4S. The fourth-order valence-electron chi connectivity index (χ4n) is 2.37. The molecule has 2 saturated heterocycles. The fraction of sp³-hybridized carbons (Fsp3) is 0.933. The van der Waals surface area contributed by atoms with Gasteiger partial charge in [0.15, 0.2) is 0 Å². The minimum Gasteiger partial charge on any atom is -0.444 e. The van der Waals surface area contributed by atoms with Crippen LogP contribution in [0.2, 0.25) is 0 Å². The van der Waals surface area contributed by atoms with Crippen molar-refractivity contribution in [3.63, 3.8) is 0 Å². The summed E-state index contributed by atoms with van der Waals surface area (Å²) in [5.41, 5.74) is 4.81. The molecule has 2 heterocycles. The molecule has 0 aromatic carbocycles. The molecule has 0 atom stereocenters. The van der Waals surface area contributed by atoms with Gasteiger partial charge in [-0.2, -0.15) is 4.31 Å². The molecule has 0 bridgehead atoms. The van der Waals surface area contributed by atoms with E-state index in [4.69, 9.17) is 10.5 Å². The molecular weight excluding hydrogens is 382 g/mol. The second-order valence-corrected chi connectivity index (χ2v) is 9.06. The maximum Gasteiger partial charge on any atom is 0.410 e. The summed E-state index contributed by atoms with van der Waals surface area (Å²) in [6.45, 7) is 11.7. The molecule has 2 fully saturated rings. The lowest BCUT2D eigenvalue weighted by Gasteiger charge is -2.30. The molecule has 0 spiro atoms. The van der Waals surface area contributed by atoms with Crippen molar-refractivity contribution in [3.05, 3.63) is 0 Å².